The lowest BCUT2D eigenvalue weighted by Crippen LogP contribution is -2.11. The molecule has 0 saturated carbocycles. The monoisotopic (exact) mass is 465 g/mol. The van der Waals surface area contributed by atoms with Crippen molar-refractivity contribution in [1.29, 1.82) is 0 Å². The first-order chi connectivity index (χ1) is 10.8. The van der Waals surface area contributed by atoms with E-state index in [0.717, 1.165) is 35.6 Å². The van der Waals surface area contributed by atoms with Crippen LogP contribution in [0.2, 0.25) is 4.34 Å². The van der Waals surface area contributed by atoms with Crippen LogP contribution in [0.3, 0.4) is 0 Å². The minimum atomic E-state index is -4.38. The van der Waals surface area contributed by atoms with Crippen molar-refractivity contribution in [3.05, 3.63) is 50.3 Å². The Hall–Kier alpha value is -1.14. The summed E-state index contributed by atoms with van der Waals surface area (Å²) in [7, 11) is -4.10. The maximum absolute atomic E-state index is 12.0. The summed E-state index contributed by atoms with van der Waals surface area (Å²) < 4.78 is 66.1. The molecule has 1 aromatic heterocycles. The van der Waals surface area contributed by atoms with Crippen LogP contribution in [-0.2, 0) is 16.3 Å². The number of hydrogen-bond donors (Lipinski definition) is 2. The zero-order valence-electron chi connectivity index (χ0n) is 11.3. The van der Waals surface area contributed by atoms with Crippen LogP contribution < -0.4 is 5.73 Å². The van der Waals surface area contributed by atoms with Gasteiger partial charge >= 0.3 is 16.3 Å². The SMILES string of the molecule is NC(=O)c1ccc(C(F)(F)F)cc1.O=S(=O)(O)c1cc(Br)c(Cl)s1. The highest BCUT2D eigenvalue weighted by molar-refractivity contribution is 9.10. The maximum Gasteiger partial charge on any atom is 0.416 e. The number of thiophene rings is 1. The Morgan fingerprint density at radius 2 is 1.75 bits per heavy atom. The van der Waals surface area contributed by atoms with E-state index in [1.54, 1.807) is 0 Å². The maximum atomic E-state index is 12.0. The van der Waals surface area contributed by atoms with Crippen LogP contribution in [-0.4, -0.2) is 18.9 Å². The zero-order chi connectivity index (χ0) is 18.7. The van der Waals surface area contributed by atoms with Gasteiger partial charge in [0.05, 0.1) is 5.56 Å². The summed E-state index contributed by atoms with van der Waals surface area (Å²) >= 11 is 9.34. The molecule has 5 nitrogen and oxygen atoms in total. The van der Waals surface area contributed by atoms with E-state index >= 15 is 0 Å². The molecule has 24 heavy (non-hydrogen) atoms. The van der Waals surface area contributed by atoms with E-state index < -0.39 is 27.8 Å². The minimum absolute atomic E-state index is 0.0630. The van der Waals surface area contributed by atoms with Gasteiger partial charge in [0, 0.05) is 10.0 Å². The van der Waals surface area contributed by atoms with Crippen molar-refractivity contribution in [2.24, 2.45) is 5.73 Å². The van der Waals surface area contributed by atoms with Crippen molar-refractivity contribution in [2.75, 3.05) is 0 Å². The van der Waals surface area contributed by atoms with Gasteiger partial charge < -0.3 is 5.73 Å². The first kappa shape index (κ1) is 20.9. The summed E-state index contributed by atoms with van der Waals surface area (Å²) in [5.41, 5.74) is 4.12. The molecular weight excluding hydrogens is 459 g/mol. The molecule has 0 saturated heterocycles. The summed E-state index contributed by atoms with van der Waals surface area (Å²) in [5, 5.41) is 0. The van der Waals surface area contributed by atoms with Gasteiger partial charge in [-0.05, 0) is 46.3 Å². The highest BCUT2D eigenvalue weighted by Gasteiger charge is 2.30. The third-order valence-electron chi connectivity index (χ3n) is 2.37. The van der Waals surface area contributed by atoms with Crippen LogP contribution in [0.1, 0.15) is 15.9 Å². The molecule has 3 N–H and O–H groups in total. The summed E-state index contributed by atoms with van der Waals surface area (Å²) in [6, 6.07) is 4.98. The Morgan fingerprint density at radius 1 is 1.25 bits per heavy atom. The zero-order valence-corrected chi connectivity index (χ0v) is 15.3. The fourth-order valence-corrected chi connectivity index (χ4v) is 3.94. The van der Waals surface area contributed by atoms with Crippen LogP contribution in [0.25, 0.3) is 0 Å². The molecule has 132 valence electrons. The molecule has 0 radical (unpaired) electrons. The quantitative estimate of drug-likeness (QED) is 0.648. The Bertz CT molecular complexity index is 815. The van der Waals surface area contributed by atoms with Gasteiger partial charge in [0.1, 0.15) is 8.55 Å². The minimum Gasteiger partial charge on any atom is -0.366 e. The summed E-state index contributed by atoms with van der Waals surface area (Å²) in [6.45, 7) is 0. The number of alkyl halides is 3. The van der Waals surface area contributed by atoms with Crippen LogP contribution in [0.4, 0.5) is 13.2 Å². The number of primary amides is 1. The number of benzene rings is 1. The predicted molar refractivity (Wildman–Crippen MR) is 86.8 cm³/mol. The number of carbonyl (C=O) groups is 1. The summed E-state index contributed by atoms with van der Waals surface area (Å²) in [5.74, 6) is -0.742. The molecule has 1 heterocycles. The molecule has 0 unspecified atom stereocenters. The lowest BCUT2D eigenvalue weighted by molar-refractivity contribution is -0.137. The first-order valence-corrected chi connectivity index (χ1v) is 9.14. The van der Waals surface area contributed by atoms with Crippen molar-refractivity contribution in [3.63, 3.8) is 0 Å². The number of rotatable bonds is 2. The van der Waals surface area contributed by atoms with E-state index in [9.17, 15) is 26.4 Å². The fourth-order valence-electron chi connectivity index (χ4n) is 1.28. The van der Waals surface area contributed by atoms with Crippen LogP contribution in [0, 0.1) is 0 Å². The Morgan fingerprint density at radius 3 is 2.00 bits per heavy atom. The molecule has 0 aliphatic heterocycles. The Balaban J connectivity index is 0.000000243. The van der Waals surface area contributed by atoms with Crippen molar-refractivity contribution in [3.8, 4) is 0 Å². The van der Waals surface area contributed by atoms with E-state index in [-0.39, 0.29) is 9.77 Å². The highest BCUT2D eigenvalue weighted by atomic mass is 79.9. The normalized spacial score (nSPS) is 11.6. The van der Waals surface area contributed by atoms with Crippen LogP contribution in [0.15, 0.2) is 39.0 Å². The molecule has 2 rings (SSSR count). The second-order valence-corrected chi connectivity index (χ2v) is 8.26. The van der Waals surface area contributed by atoms with Gasteiger partial charge in [-0.15, -0.1) is 11.3 Å². The molecule has 1 aromatic carbocycles. The third kappa shape index (κ3) is 6.06. The standard InChI is InChI=1S/C8H6F3NO.C4H2BrClO3S2/c9-8(10,11)6-3-1-5(2-4-6)7(12)13;5-2-1-3(10-4(2)6)11(7,8)9/h1-4H,(H2,12,13);1H,(H,7,8,9). The molecule has 12 heteroatoms. The average Bonchev–Trinajstić information content (AvgIpc) is 2.79. The lowest BCUT2D eigenvalue weighted by Gasteiger charge is -2.05. The molecule has 0 aliphatic rings. The molecule has 0 spiro atoms. The molecule has 1 amide bonds. The van der Waals surface area contributed by atoms with Gasteiger partial charge in [0.15, 0.2) is 0 Å². The van der Waals surface area contributed by atoms with Gasteiger partial charge in [-0.3, -0.25) is 9.35 Å². The van der Waals surface area contributed by atoms with Gasteiger partial charge in [-0.25, -0.2) is 0 Å². The second-order valence-electron chi connectivity index (χ2n) is 4.10. The third-order valence-corrected chi connectivity index (χ3v) is 6.15. The van der Waals surface area contributed by atoms with Gasteiger partial charge in [0.25, 0.3) is 0 Å². The highest BCUT2D eigenvalue weighted by Crippen LogP contribution is 2.34. The number of amides is 1. The van der Waals surface area contributed by atoms with E-state index in [0.29, 0.717) is 8.81 Å². The van der Waals surface area contributed by atoms with Crippen molar-refractivity contribution < 1.29 is 30.9 Å². The Labute approximate surface area is 152 Å². The summed E-state index contributed by atoms with van der Waals surface area (Å²) in [4.78, 5) is 10.5. The van der Waals surface area contributed by atoms with Crippen LogP contribution in [0.5, 0.6) is 0 Å². The van der Waals surface area contributed by atoms with E-state index in [1.807, 2.05) is 0 Å². The second kappa shape index (κ2) is 7.83. The van der Waals surface area contributed by atoms with E-state index in [1.165, 1.54) is 6.07 Å². The molecular formula is C12H8BrClF3NO4S2. The Kier molecular flexibility index (Phi) is 6.82. The number of nitrogens with two attached hydrogens (primary N) is 1. The predicted octanol–water partition coefficient (Wildman–Crippen LogP) is 4.22. The van der Waals surface area contributed by atoms with Gasteiger partial charge in [-0.1, -0.05) is 11.6 Å². The molecule has 0 bridgehead atoms. The van der Waals surface area contributed by atoms with Crippen molar-refractivity contribution in [2.45, 2.75) is 10.4 Å². The van der Waals surface area contributed by atoms with Gasteiger partial charge in [-0.2, -0.15) is 21.6 Å². The van der Waals surface area contributed by atoms with E-state index in [2.05, 4.69) is 15.9 Å². The average molecular weight is 467 g/mol. The number of carbonyl (C=O) groups excluding carboxylic acids is 1. The van der Waals surface area contributed by atoms with Gasteiger partial charge in [0.2, 0.25) is 5.91 Å². The van der Waals surface area contributed by atoms with E-state index in [4.69, 9.17) is 21.9 Å². The van der Waals surface area contributed by atoms with Crippen molar-refractivity contribution >= 4 is 54.9 Å². The molecule has 0 fully saturated rings. The largest absolute Gasteiger partial charge is 0.416 e. The summed E-state index contributed by atoms with van der Waals surface area (Å²) in [6.07, 6.45) is -4.38. The number of halogens is 5. The first-order valence-electron chi connectivity index (χ1n) is 5.71. The smallest absolute Gasteiger partial charge is 0.366 e. The van der Waals surface area contributed by atoms with Crippen LogP contribution >= 0.6 is 38.9 Å². The molecule has 0 aliphatic carbocycles. The topological polar surface area (TPSA) is 97.5 Å². The molecule has 2 aromatic rings. The molecule has 0 atom stereocenters. The number of hydrogen-bond acceptors (Lipinski definition) is 4. The fraction of sp³-hybridized carbons (Fsp3) is 0.0833. The lowest BCUT2D eigenvalue weighted by atomic mass is 10.1. The van der Waals surface area contributed by atoms with Crippen molar-refractivity contribution in [1.82, 2.24) is 0 Å².